The summed E-state index contributed by atoms with van der Waals surface area (Å²) in [5.74, 6) is 0. The molecule has 0 fully saturated rings. The number of primary sulfonamides is 1. The second-order valence-electron chi connectivity index (χ2n) is 8.00. The molecule has 9 heteroatoms. The Hall–Kier alpha value is -2.42. The lowest BCUT2D eigenvalue weighted by Gasteiger charge is -2.19. The highest BCUT2D eigenvalue weighted by Crippen LogP contribution is 2.34. The minimum atomic E-state index is -3.84. The van der Waals surface area contributed by atoms with Gasteiger partial charge in [0.05, 0.1) is 4.90 Å². The molecule has 0 bridgehead atoms. The third kappa shape index (κ3) is 5.88. The zero-order chi connectivity index (χ0) is 23.3. The van der Waals surface area contributed by atoms with Crippen LogP contribution in [0.1, 0.15) is 42.4 Å². The molecule has 0 saturated carbocycles. The normalized spacial score (nSPS) is 13.1. The standard InChI is InChI=1S/C23H27ClN2O5S/c24-21-8-7-16(13-18(21)9-11-26(23(28)29)10-2-1-3-12-27)19-14-17-5-4-6-20(17)22(15-19)32(25,30)31/h7-8,12-15H,1-6,9-11H2,(H,28,29)(H2,25,30,31). The average molecular weight is 479 g/mol. The fourth-order valence-corrected chi connectivity index (χ4v) is 5.20. The summed E-state index contributed by atoms with van der Waals surface area (Å²) in [6.07, 6.45) is 4.32. The van der Waals surface area contributed by atoms with Gasteiger partial charge in [0.15, 0.2) is 0 Å². The van der Waals surface area contributed by atoms with Gasteiger partial charge < -0.3 is 14.8 Å². The first-order valence-electron chi connectivity index (χ1n) is 10.6. The number of fused-ring (bicyclic) bond motifs is 1. The minimum absolute atomic E-state index is 0.173. The molecule has 3 N–H and O–H groups in total. The maximum absolute atomic E-state index is 12.1. The molecule has 0 aliphatic heterocycles. The summed E-state index contributed by atoms with van der Waals surface area (Å²) in [5, 5.41) is 15.5. The number of unbranched alkanes of at least 4 members (excludes halogenated alkanes) is 2. The van der Waals surface area contributed by atoms with Crippen LogP contribution < -0.4 is 5.14 Å². The molecule has 0 radical (unpaired) electrons. The summed E-state index contributed by atoms with van der Waals surface area (Å²) < 4.78 is 24.3. The van der Waals surface area contributed by atoms with E-state index in [0.29, 0.717) is 43.7 Å². The van der Waals surface area contributed by atoms with E-state index in [9.17, 15) is 23.1 Å². The predicted octanol–water partition coefficient (Wildman–Crippen LogP) is 4.03. The molecular weight excluding hydrogens is 452 g/mol. The second kappa shape index (κ2) is 10.5. The van der Waals surface area contributed by atoms with Gasteiger partial charge in [-0.2, -0.15) is 0 Å². The first-order valence-corrected chi connectivity index (χ1v) is 12.5. The van der Waals surface area contributed by atoms with Gasteiger partial charge in [-0.1, -0.05) is 23.7 Å². The van der Waals surface area contributed by atoms with Gasteiger partial charge >= 0.3 is 6.09 Å². The molecule has 7 nitrogen and oxygen atoms in total. The van der Waals surface area contributed by atoms with Crippen LogP contribution in [0.5, 0.6) is 0 Å². The van der Waals surface area contributed by atoms with Gasteiger partial charge in [-0.3, -0.25) is 0 Å². The number of benzene rings is 2. The van der Waals surface area contributed by atoms with Gasteiger partial charge in [-0.25, -0.2) is 18.4 Å². The lowest BCUT2D eigenvalue weighted by Crippen LogP contribution is -2.32. The highest BCUT2D eigenvalue weighted by molar-refractivity contribution is 7.89. The number of nitrogens with zero attached hydrogens (tertiary/aromatic N) is 1. The van der Waals surface area contributed by atoms with Crippen molar-refractivity contribution >= 4 is 34.0 Å². The molecule has 2 aromatic carbocycles. The van der Waals surface area contributed by atoms with Crippen molar-refractivity contribution < 1.29 is 23.1 Å². The van der Waals surface area contributed by atoms with Crippen molar-refractivity contribution in [3.8, 4) is 11.1 Å². The van der Waals surface area contributed by atoms with E-state index in [1.54, 1.807) is 12.1 Å². The monoisotopic (exact) mass is 478 g/mol. The lowest BCUT2D eigenvalue weighted by molar-refractivity contribution is -0.107. The number of carbonyl (C=O) groups excluding carboxylic acids is 1. The maximum Gasteiger partial charge on any atom is 0.407 e. The van der Waals surface area contributed by atoms with Crippen LogP contribution in [0, 0.1) is 0 Å². The van der Waals surface area contributed by atoms with Crippen LogP contribution in [0.2, 0.25) is 5.02 Å². The molecule has 0 unspecified atom stereocenters. The second-order valence-corrected chi connectivity index (χ2v) is 9.94. The number of sulfonamides is 1. The quantitative estimate of drug-likeness (QED) is 0.394. The van der Waals surface area contributed by atoms with Gasteiger partial charge in [0.2, 0.25) is 10.0 Å². The third-order valence-electron chi connectivity index (χ3n) is 5.78. The minimum Gasteiger partial charge on any atom is -0.465 e. The topological polar surface area (TPSA) is 118 Å². The SMILES string of the molecule is NS(=O)(=O)c1cc(-c2ccc(Cl)c(CCN(CCCCC=O)C(=O)O)c2)cc2c1CCC2. The number of rotatable bonds is 10. The number of carboxylic acid groups (broad SMARTS) is 1. The molecule has 1 aliphatic carbocycles. The van der Waals surface area contributed by atoms with E-state index in [1.807, 2.05) is 18.2 Å². The zero-order valence-electron chi connectivity index (χ0n) is 17.7. The van der Waals surface area contributed by atoms with Crippen LogP contribution in [0.3, 0.4) is 0 Å². The van der Waals surface area contributed by atoms with Crippen molar-refractivity contribution in [2.24, 2.45) is 5.14 Å². The Balaban J connectivity index is 1.83. The molecule has 0 saturated heterocycles. The largest absolute Gasteiger partial charge is 0.465 e. The Bertz CT molecular complexity index is 1120. The highest BCUT2D eigenvalue weighted by Gasteiger charge is 2.23. The highest BCUT2D eigenvalue weighted by atomic mass is 35.5. The lowest BCUT2D eigenvalue weighted by atomic mass is 9.98. The number of halogens is 1. The summed E-state index contributed by atoms with van der Waals surface area (Å²) >= 11 is 6.37. The van der Waals surface area contributed by atoms with Crippen molar-refractivity contribution in [3.05, 3.63) is 52.0 Å². The van der Waals surface area contributed by atoms with Gasteiger partial charge in [-0.05, 0) is 84.5 Å². The smallest absolute Gasteiger partial charge is 0.407 e. The van der Waals surface area contributed by atoms with Crippen LogP contribution in [-0.4, -0.2) is 43.9 Å². The summed E-state index contributed by atoms with van der Waals surface area (Å²) in [6.45, 7) is 0.620. The predicted molar refractivity (Wildman–Crippen MR) is 124 cm³/mol. The first kappa shape index (κ1) is 24.2. The van der Waals surface area contributed by atoms with Crippen molar-refractivity contribution in [3.63, 3.8) is 0 Å². The Morgan fingerprint density at radius 3 is 2.59 bits per heavy atom. The zero-order valence-corrected chi connectivity index (χ0v) is 19.3. The van der Waals surface area contributed by atoms with Gasteiger partial charge in [-0.15, -0.1) is 0 Å². The van der Waals surface area contributed by atoms with Crippen LogP contribution in [0.15, 0.2) is 35.2 Å². The number of hydrogen-bond acceptors (Lipinski definition) is 4. The number of aryl methyl sites for hydroxylation is 1. The molecule has 1 aliphatic rings. The number of nitrogens with two attached hydrogens (primary N) is 1. The first-order chi connectivity index (χ1) is 15.2. The third-order valence-corrected chi connectivity index (χ3v) is 7.13. The molecular formula is C23H27ClN2O5S. The fraction of sp³-hybridized carbons (Fsp3) is 0.391. The molecule has 0 atom stereocenters. The molecule has 32 heavy (non-hydrogen) atoms. The Labute approximate surface area is 193 Å². The summed E-state index contributed by atoms with van der Waals surface area (Å²) in [6, 6.07) is 9.05. The van der Waals surface area contributed by atoms with Crippen LogP contribution in [0.4, 0.5) is 4.79 Å². The van der Waals surface area contributed by atoms with E-state index in [4.69, 9.17) is 16.7 Å². The molecule has 0 aromatic heterocycles. The van der Waals surface area contributed by atoms with Gasteiger partial charge in [0, 0.05) is 24.5 Å². The van der Waals surface area contributed by atoms with Gasteiger partial charge in [0.25, 0.3) is 0 Å². The van der Waals surface area contributed by atoms with Crippen molar-refractivity contribution in [2.75, 3.05) is 13.1 Å². The maximum atomic E-state index is 12.1. The van der Waals surface area contributed by atoms with Crippen LogP contribution >= 0.6 is 11.6 Å². The van der Waals surface area contributed by atoms with Crippen LogP contribution in [-0.2, 0) is 34.1 Å². The van der Waals surface area contributed by atoms with Crippen molar-refractivity contribution in [1.82, 2.24) is 4.90 Å². The van der Waals surface area contributed by atoms with E-state index in [-0.39, 0.29) is 11.4 Å². The Morgan fingerprint density at radius 1 is 1.12 bits per heavy atom. The molecule has 172 valence electrons. The van der Waals surface area contributed by atoms with Crippen molar-refractivity contribution in [1.29, 1.82) is 0 Å². The number of aldehydes is 1. The summed E-state index contributed by atoms with van der Waals surface area (Å²) in [5.41, 5.74) is 4.13. The fourth-order valence-electron chi connectivity index (χ4n) is 4.12. The van der Waals surface area contributed by atoms with Gasteiger partial charge in [0.1, 0.15) is 6.29 Å². The summed E-state index contributed by atoms with van der Waals surface area (Å²) in [7, 11) is -3.84. The van der Waals surface area contributed by atoms with Crippen molar-refractivity contribution in [2.45, 2.75) is 49.8 Å². The Kier molecular flexibility index (Phi) is 7.92. The number of hydrogen-bond donors (Lipinski definition) is 2. The van der Waals surface area contributed by atoms with E-state index >= 15 is 0 Å². The van der Waals surface area contributed by atoms with E-state index in [1.165, 1.54) is 4.90 Å². The number of carbonyl (C=O) groups is 2. The Morgan fingerprint density at radius 2 is 1.91 bits per heavy atom. The molecule has 2 aromatic rings. The van der Waals surface area contributed by atoms with E-state index in [0.717, 1.165) is 46.9 Å². The molecule has 1 amide bonds. The molecule has 3 rings (SSSR count). The molecule has 0 spiro atoms. The average Bonchev–Trinajstić information content (AvgIpc) is 3.21. The van der Waals surface area contributed by atoms with E-state index < -0.39 is 16.1 Å². The molecule has 0 heterocycles. The summed E-state index contributed by atoms with van der Waals surface area (Å²) in [4.78, 5) is 23.5. The van der Waals surface area contributed by atoms with Crippen LogP contribution in [0.25, 0.3) is 11.1 Å². The van der Waals surface area contributed by atoms with E-state index in [2.05, 4.69) is 0 Å². The number of amides is 1.